The molecule has 2 rings (SSSR count). The van der Waals surface area contributed by atoms with E-state index in [1.807, 2.05) is 43.5 Å². The monoisotopic (exact) mass is 334 g/mol. The number of halogens is 1. The number of anilines is 1. The minimum atomic E-state index is 0.475. The Balaban J connectivity index is 1.97. The second-order valence-corrected chi connectivity index (χ2v) is 5.52. The van der Waals surface area contributed by atoms with E-state index in [-0.39, 0.29) is 0 Å². The molecule has 0 radical (unpaired) electrons. The molecule has 1 aromatic heterocycles. The zero-order valence-electron chi connectivity index (χ0n) is 11.8. The van der Waals surface area contributed by atoms with E-state index in [1.54, 1.807) is 0 Å². The van der Waals surface area contributed by atoms with Crippen molar-refractivity contribution in [2.45, 2.75) is 26.9 Å². The number of pyridine rings is 1. The Morgan fingerprint density at radius 1 is 1.25 bits per heavy atom. The summed E-state index contributed by atoms with van der Waals surface area (Å²) in [6, 6.07) is 9.97. The van der Waals surface area contributed by atoms with Gasteiger partial charge in [0.1, 0.15) is 12.4 Å². The van der Waals surface area contributed by atoms with E-state index in [1.165, 1.54) is 0 Å². The fourth-order valence-corrected chi connectivity index (χ4v) is 2.05. The third-order valence-electron chi connectivity index (χ3n) is 2.91. The summed E-state index contributed by atoms with van der Waals surface area (Å²) >= 11 is 3.48. The largest absolute Gasteiger partial charge is 0.487 e. The fourth-order valence-electron chi connectivity index (χ4n) is 1.80. The van der Waals surface area contributed by atoms with Gasteiger partial charge in [0.25, 0.3) is 0 Å². The Morgan fingerprint density at radius 3 is 2.85 bits per heavy atom. The van der Waals surface area contributed by atoms with Crippen molar-refractivity contribution in [1.29, 1.82) is 0 Å². The number of aromatic nitrogens is 1. The van der Waals surface area contributed by atoms with Gasteiger partial charge in [0.05, 0.1) is 5.69 Å². The van der Waals surface area contributed by atoms with Crippen LogP contribution in [0.4, 0.5) is 5.69 Å². The normalized spacial score (nSPS) is 10.3. The number of benzene rings is 1. The van der Waals surface area contributed by atoms with Crippen molar-refractivity contribution in [2.24, 2.45) is 0 Å². The van der Waals surface area contributed by atoms with Crippen molar-refractivity contribution < 1.29 is 4.74 Å². The van der Waals surface area contributed by atoms with E-state index in [2.05, 4.69) is 33.2 Å². The molecule has 1 N–H and O–H groups in total. The van der Waals surface area contributed by atoms with E-state index in [0.717, 1.165) is 40.1 Å². The van der Waals surface area contributed by atoms with E-state index in [9.17, 15) is 0 Å². The zero-order chi connectivity index (χ0) is 14.4. The van der Waals surface area contributed by atoms with Crippen LogP contribution in [0.1, 0.15) is 24.6 Å². The molecule has 0 fully saturated rings. The minimum Gasteiger partial charge on any atom is -0.487 e. The molecular formula is C16H19BrN2O. The van der Waals surface area contributed by atoms with Gasteiger partial charge in [0.2, 0.25) is 0 Å². The summed E-state index contributed by atoms with van der Waals surface area (Å²) in [6.07, 6.45) is 2.91. The fraction of sp³-hybridized carbons (Fsp3) is 0.312. The molecule has 0 aliphatic heterocycles. The van der Waals surface area contributed by atoms with Gasteiger partial charge in [0.15, 0.2) is 0 Å². The quantitative estimate of drug-likeness (QED) is 0.841. The third-order valence-corrected chi connectivity index (χ3v) is 3.80. The van der Waals surface area contributed by atoms with Crippen molar-refractivity contribution in [3.05, 3.63) is 52.3 Å². The molecule has 0 aliphatic rings. The Hall–Kier alpha value is -1.55. The number of rotatable bonds is 6. The van der Waals surface area contributed by atoms with E-state index < -0.39 is 0 Å². The van der Waals surface area contributed by atoms with Gasteiger partial charge in [-0.05, 0) is 49.2 Å². The molecule has 0 bridgehead atoms. The number of nitrogens with zero attached hydrogens (tertiary/aromatic N) is 1. The van der Waals surface area contributed by atoms with Crippen LogP contribution in [0.15, 0.2) is 41.0 Å². The summed E-state index contributed by atoms with van der Waals surface area (Å²) in [7, 11) is 0. The molecule has 0 aliphatic carbocycles. The van der Waals surface area contributed by atoms with Crippen LogP contribution in [0, 0.1) is 6.92 Å². The van der Waals surface area contributed by atoms with Crippen LogP contribution in [-0.4, -0.2) is 11.5 Å². The van der Waals surface area contributed by atoms with Gasteiger partial charge in [-0.1, -0.05) is 22.9 Å². The molecule has 1 heterocycles. The summed E-state index contributed by atoms with van der Waals surface area (Å²) in [5.41, 5.74) is 3.17. The average Bonchev–Trinajstić information content (AvgIpc) is 2.47. The summed E-state index contributed by atoms with van der Waals surface area (Å²) in [5.74, 6) is 0.861. The van der Waals surface area contributed by atoms with Crippen molar-refractivity contribution >= 4 is 21.6 Å². The lowest BCUT2D eigenvalue weighted by Crippen LogP contribution is -2.03. The Labute approximate surface area is 128 Å². The first-order valence-electron chi connectivity index (χ1n) is 6.77. The molecular weight excluding hydrogens is 316 g/mol. The number of nitrogens with one attached hydrogen (secondary N) is 1. The maximum Gasteiger partial charge on any atom is 0.130 e. The first-order chi connectivity index (χ1) is 9.69. The maximum atomic E-state index is 5.78. The zero-order valence-corrected chi connectivity index (χ0v) is 13.4. The highest BCUT2D eigenvalue weighted by Gasteiger charge is 2.01. The lowest BCUT2D eigenvalue weighted by Gasteiger charge is -2.09. The summed E-state index contributed by atoms with van der Waals surface area (Å²) < 4.78 is 6.87. The molecule has 0 unspecified atom stereocenters. The van der Waals surface area contributed by atoms with Crippen LogP contribution in [0.2, 0.25) is 0 Å². The maximum absolute atomic E-state index is 5.78. The third kappa shape index (κ3) is 4.23. The number of hydrogen-bond acceptors (Lipinski definition) is 3. The molecule has 0 saturated carbocycles. The van der Waals surface area contributed by atoms with Crippen molar-refractivity contribution in [3.8, 4) is 5.75 Å². The van der Waals surface area contributed by atoms with Crippen LogP contribution < -0.4 is 10.1 Å². The standard InChI is InChI=1S/C16H19BrN2O/c1-3-7-18-13-6-8-19-14(10-13)11-20-15-4-5-16(17)12(2)9-15/h4-6,8-10H,3,7,11H2,1-2H3,(H,18,19). The van der Waals surface area contributed by atoms with Gasteiger partial charge in [0, 0.05) is 22.9 Å². The van der Waals surface area contributed by atoms with Crippen LogP contribution in [-0.2, 0) is 6.61 Å². The van der Waals surface area contributed by atoms with Crippen LogP contribution in [0.3, 0.4) is 0 Å². The Kier molecular flexibility index (Phi) is 5.41. The van der Waals surface area contributed by atoms with Gasteiger partial charge in [-0.3, -0.25) is 4.98 Å². The van der Waals surface area contributed by atoms with Gasteiger partial charge in [-0.25, -0.2) is 0 Å². The highest BCUT2D eigenvalue weighted by molar-refractivity contribution is 9.10. The average molecular weight is 335 g/mol. The molecule has 20 heavy (non-hydrogen) atoms. The Morgan fingerprint density at radius 2 is 2.10 bits per heavy atom. The van der Waals surface area contributed by atoms with E-state index >= 15 is 0 Å². The van der Waals surface area contributed by atoms with Gasteiger partial charge < -0.3 is 10.1 Å². The lowest BCUT2D eigenvalue weighted by molar-refractivity contribution is 0.301. The number of ether oxygens (including phenoxy) is 1. The number of aryl methyl sites for hydroxylation is 1. The molecule has 3 nitrogen and oxygen atoms in total. The SMILES string of the molecule is CCCNc1ccnc(COc2ccc(Br)c(C)c2)c1. The van der Waals surface area contributed by atoms with Crippen molar-refractivity contribution in [1.82, 2.24) is 4.98 Å². The summed E-state index contributed by atoms with van der Waals surface area (Å²) in [5, 5.41) is 3.35. The molecule has 0 saturated heterocycles. The summed E-state index contributed by atoms with van der Waals surface area (Å²) in [6.45, 7) is 5.64. The Bertz CT molecular complexity index is 572. The van der Waals surface area contributed by atoms with Crippen LogP contribution in [0.25, 0.3) is 0 Å². The molecule has 2 aromatic rings. The molecule has 4 heteroatoms. The topological polar surface area (TPSA) is 34.2 Å². The minimum absolute atomic E-state index is 0.475. The highest BCUT2D eigenvalue weighted by Crippen LogP contribution is 2.22. The van der Waals surface area contributed by atoms with Crippen molar-refractivity contribution in [3.63, 3.8) is 0 Å². The van der Waals surface area contributed by atoms with Crippen LogP contribution in [0.5, 0.6) is 5.75 Å². The molecule has 0 spiro atoms. The summed E-state index contributed by atoms with van der Waals surface area (Å²) in [4.78, 5) is 4.33. The smallest absolute Gasteiger partial charge is 0.130 e. The predicted molar refractivity (Wildman–Crippen MR) is 86.2 cm³/mol. The van der Waals surface area contributed by atoms with Gasteiger partial charge in [-0.15, -0.1) is 0 Å². The first kappa shape index (κ1) is 14.9. The highest BCUT2D eigenvalue weighted by atomic mass is 79.9. The second kappa shape index (κ2) is 7.29. The van der Waals surface area contributed by atoms with E-state index in [0.29, 0.717) is 6.61 Å². The molecule has 0 atom stereocenters. The predicted octanol–water partition coefficient (Wildman–Crippen LogP) is 4.55. The van der Waals surface area contributed by atoms with E-state index in [4.69, 9.17) is 4.74 Å². The van der Waals surface area contributed by atoms with Gasteiger partial charge in [-0.2, -0.15) is 0 Å². The molecule has 1 aromatic carbocycles. The van der Waals surface area contributed by atoms with Crippen molar-refractivity contribution in [2.75, 3.05) is 11.9 Å². The lowest BCUT2D eigenvalue weighted by atomic mass is 10.2. The number of hydrogen-bond donors (Lipinski definition) is 1. The second-order valence-electron chi connectivity index (χ2n) is 4.66. The first-order valence-corrected chi connectivity index (χ1v) is 7.56. The van der Waals surface area contributed by atoms with Crippen LogP contribution >= 0.6 is 15.9 Å². The van der Waals surface area contributed by atoms with Gasteiger partial charge >= 0.3 is 0 Å². The molecule has 0 amide bonds. The molecule has 106 valence electrons.